The molecular weight excluding hydrogens is 246 g/mol. The summed E-state index contributed by atoms with van der Waals surface area (Å²) in [6.45, 7) is 0.830. The van der Waals surface area contributed by atoms with Gasteiger partial charge in [0.25, 0.3) is 0 Å². The summed E-state index contributed by atoms with van der Waals surface area (Å²) in [7, 11) is 1.95. The molecule has 20 heavy (non-hydrogen) atoms. The molecular formula is C17H17N3. The van der Waals surface area contributed by atoms with Gasteiger partial charge >= 0.3 is 0 Å². The highest BCUT2D eigenvalue weighted by Gasteiger charge is 2.06. The summed E-state index contributed by atoms with van der Waals surface area (Å²) in [5.41, 5.74) is 4.66. The van der Waals surface area contributed by atoms with Gasteiger partial charge < -0.3 is 5.32 Å². The zero-order chi connectivity index (χ0) is 13.8. The predicted molar refractivity (Wildman–Crippen MR) is 81.8 cm³/mol. The number of hydrogen-bond donors (Lipinski definition) is 1. The van der Waals surface area contributed by atoms with E-state index in [1.54, 1.807) is 0 Å². The highest BCUT2D eigenvalue weighted by atomic mass is 15.3. The third kappa shape index (κ3) is 2.49. The van der Waals surface area contributed by atoms with E-state index in [9.17, 15) is 0 Å². The third-order valence-electron chi connectivity index (χ3n) is 3.30. The SMILES string of the molecule is CNCc1ccccc1-n1cc(-c2ccccc2)cn1. The maximum atomic E-state index is 4.49. The van der Waals surface area contributed by atoms with Crippen molar-refractivity contribution in [1.82, 2.24) is 15.1 Å². The molecule has 3 heteroatoms. The van der Waals surface area contributed by atoms with E-state index in [0.29, 0.717) is 0 Å². The molecule has 0 aliphatic rings. The second-order valence-electron chi connectivity index (χ2n) is 4.70. The van der Waals surface area contributed by atoms with Crippen molar-refractivity contribution >= 4 is 0 Å². The molecule has 0 amide bonds. The molecule has 0 saturated heterocycles. The smallest absolute Gasteiger partial charge is 0.0690 e. The van der Waals surface area contributed by atoms with Crippen LogP contribution in [0.5, 0.6) is 0 Å². The van der Waals surface area contributed by atoms with Crippen molar-refractivity contribution in [3.05, 3.63) is 72.6 Å². The summed E-state index contributed by atoms with van der Waals surface area (Å²) < 4.78 is 1.94. The van der Waals surface area contributed by atoms with Crippen LogP contribution < -0.4 is 5.32 Å². The average molecular weight is 263 g/mol. The quantitative estimate of drug-likeness (QED) is 0.783. The molecule has 3 nitrogen and oxygen atoms in total. The zero-order valence-corrected chi connectivity index (χ0v) is 11.5. The molecule has 100 valence electrons. The van der Waals surface area contributed by atoms with Crippen LogP contribution in [0.2, 0.25) is 0 Å². The summed E-state index contributed by atoms with van der Waals surface area (Å²) in [5.74, 6) is 0. The summed E-state index contributed by atoms with van der Waals surface area (Å²) in [6, 6.07) is 18.6. The molecule has 1 aromatic heterocycles. The Morgan fingerprint density at radius 3 is 2.50 bits per heavy atom. The Morgan fingerprint density at radius 2 is 1.70 bits per heavy atom. The Kier molecular flexibility index (Phi) is 3.61. The standard InChI is InChI=1S/C17H17N3/c1-18-11-15-9-5-6-10-17(15)20-13-16(12-19-20)14-7-3-2-4-8-14/h2-10,12-13,18H,11H2,1H3. The van der Waals surface area contributed by atoms with Crippen LogP contribution in [0.1, 0.15) is 5.56 Å². The summed E-state index contributed by atoms with van der Waals surface area (Å²) in [6.07, 6.45) is 3.98. The van der Waals surface area contributed by atoms with Gasteiger partial charge in [0, 0.05) is 18.3 Å². The third-order valence-corrected chi connectivity index (χ3v) is 3.30. The molecule has 0 aliphatic carbocycles. The van der Waals surface area contributed by atoms with E-state index in [-0.39, 0.29) is 0 Å². The van der Waals surface area contributed by atoms with Gasteiger partial charge in [-0.1, -0.05) is 48.5 Å². The van der Waals surface area contributed by atoms with Crippen molar-refractivity contribution < 1.29 is 0 Å². The fourth-order valence-corrected chi connectivity index (χ4v) is 2.31. The van der Waals surface area contributed by atoms with Gasteiger partial charge in [0.05, 0.1) is 11.9 Å². The minimum Gasteiger partial charge on any atom is -0.316 e. The number of para-hydroxylation sites is 1. The number of nitrogens with zero attached hydrogens (tertiary/aromatic N) is 2. The van der Waals surface area contributed by atoms with E-state index in [1.165, 1.54) is 11.1 Å². The van der Waals surface area contributed by atoms with Gasteiger partial charge in [-0.05, 0) is 24.2 Å². The lowest BCUT2D eigenvalue weighted by Crippen LogP contribution is -2.09. The first-order chi connectivity index (χ1) is 9.88. The monoisotopic (exact) mass is 263 g/mol. The van der Waals surface area contributed by atoms with Gasteiger partial charge in [0.1, 0.15) is 0 Å². The van der Waals surface area contributed by atoms with Crippen molar-refractivity contribution in [3.63, 3.8) is 0 Å². The van der Waals surface area contributed by atoms with Crippen LogP contribution in [-0.2, 0) is 6.54 Å². The Morgan fingerprint density at radius 1 is 0.950 bits per heavy atom. The van der Waals surface area contributed by atoms with E-state index in [1.807, 2.05) is 42.2 Å². The van der Waals surface area contributed by atoms with Crippen molar-refractivity contribution in [2.45, 2.75) is 6.54 Å². The number of benzene rings is 2. The van der Waals surface area contributed by atoms with Gasteiger partial charge in [0.15, 0.2) is 0 Å². The molecule has 0 aliphatic heterocycles. The fraction of sp³-hybridized carbons (Fsp3) is 0.118. The molecule has 0 saturated carbocycles. The molecule has 0 radical (unpaired) electrons. The molecule has 0 bridgehead atoms. The Bertz CT molecular complexity index is 686. The number of aromatic nitrogens is 2. The van der Waals surface area contributed by atoms with Crippen LogP contribution in [0.3, 0.4) is 0 Å². The van der Waals surface area contributed by atoms with E-state index < -0.39 is 0 Å². The van der Waals surface area contributed by atoms with Gasteiger partial charge in [-0.15, -0.1) is 0 Å². The first-order valence-electron chi connectivity index (χ1n) is 6.71. The van der Waals surface area contributed by atoms with Crippen LogP contribution >= 0.6 is 0 Å². The largest absolute Gasteiger partial charge is 0.316 e. The molecule has 0 atom stereocenters. The molecule has 0 unspecified atom stereocenters. The van der Waals surface area contributed by atoms with Gasteiger partial charge in [-0.2, -0.15) is 5.10 Å². The second kappa shape index (κ2) is 5.72. The lowest BCUT2D eigenvalue weighted by molar-refractivity contribution is 0.789. The van der Waals surface area contributed by atoms with E-state index in [0.717, 1.165) is 17.8 Å². The van der Waals surface area contributed by atoms with Gasteiger partial charge in [-0.3, -0.25) is 0 Å². The normalized spacial score (nSPS) is 10.7. The highest BCUT2D eigenvalue weighted by Crippen LogP contribution is 2.21. The molecule has 0 spiro atoms. The van der Waals surface area contributed by atoms with Gasteiger partial charge in [0.2, 0.25) is 0 Å². The van der Waals surface area contributed by atoms with Crippen molar-refractivity contribution in [1.29, 1.82) is 0 Å². The molecule has 1 heterocycles. The molecule has 2 aromatic carbocycles. The summed E-state index contributed by atoms with van der Waals surface area (Å²) in [4.78, 5) is 0. The maximum absolute atomic E-state index is 4.49. The lowest BCUT2D eigenvalue weighted by atomic mass is 10.1. The topological polar surface area (TPSA) is 29.9 Å². The maximum Gasteiger partial charge on any atom is 0.0690 e. The van der Waals surface area contributed by atoms with Crippen LogP contribution in [0, 0.1) is 0 Å². The zero-order valence-electron chi connectivity index (χ0n) is 11.5. The number of rotatable bonds is 4. The average Bonchev–Trinajstić information content (AvgIpc) is 2.99. The predicted octanol–water partition coefficient (Wildman–Crippen LogP) is 3.26. The van der Waals surface area contributed by atoms with Crippen LogP contribution in [0.4, 0.5) is 0 Å². The summed E-state index contributed by atoms with van der Waals surface area (Å²) >= 11 is 0. The van der Waals surface area contributed by atoms with E-state index >= 15 is 0 Å². The van der Waals surface area contributed by atoms with Crippen LogP contribution in [0.25, 0.3) is 16.8 Å². The van der Waals surface area contributed by atoms with E-state index in [2.05, 4.69) is 46.9 Å². The highest BCUT2D eigenvalue weighted by molar-refractivity contribution is 5.62. The van der Waals surface area contributed by atoms with Crippen molar-refractivity contribution in [3.8, 4) is 16.8 Å². The molecule has 3 aromatic rings. The Labute approximate surface area is 118 Å². The minimum atomic E-state index is 0.830. The van der Waals surface area contributed by atoms with E-state index in [4.69, 9.17) is 0 Å². The lowest BCUT2D eigenvalue weighted by Gasteiger charge is -2.08. The molecule has 1 N–H and O–H groups in total. The minimum absolute atomic E-state index is 0.830. The number of hydrogen-bond acceptors (Lipinski definition) is 2. The van der Waals surface area contributed by atoms with Crippen LogP contribution in [0.15, 0.2) is 67.0 Å². The number of nitrogens with one attached hydrogen (secondary N) is 1. The molecule has 3 rings (SSSR count). The summed E-state index contributed by atoms with van der Waals surface area (Å²) in [5, 5.41) is 7.69. The molecule has 0 fully saturated rings. The van der Waals surface area contributed by atoms with Crippen LogP contribution in [-0.4, -0.2) is 16.8 Å². The van der Waals surface area contributed by atoms with Crippen molar-refractivity contribution in [2.24, 2.45) is 0 Å². The first-order valence-corrected chi connectivity index (χ1v) is 6.71. The second-order valence-corrected chi connectivity index (χ2v) is 4.70. The Hall–Kier alpha value is -2.39. The Balaban J connectivity index is 1.98. The van der Waals surface area contributed by atoms with Crippen molar-refractivity contribution in [2.75, 3.05) is 7.05 Å². The fourth-order valence-electron chi connectivity index (χ4n) is 2.31. The van der Waals surface area contributed by atoms with Gasteiger partial charge in [-0.25, -0.2) is 4.68 Å². The first kappa shape index (κ1) is 12.6.